The van der Waals surface area contributed by atoms with Crippen LogP contribution >= 0.6 is 0 Å². The molecule has 2 aromatic carbocycles. The van der Waals surface area contributed by atoms with Crippen molar-refractivity contribution in [1.29, 1.82) is 0 Å². The van der Waals surface area contributed by atoms with Crippen molar-refractivity contribution < 1.29 is 47.2 Å². The molecule has 5 atom stereocenters. The Kier molecular flexibility index (Phi) is 18.7. The molecule has 3 unspecified atom stereocenters. The van der Waals surface area contributed by atoms with Gasteiger partial charge >= 0.3 is 11.9 Å². The van der Waals surface area contributed by atoms with E-state index in [1.165, 1.54) is 7.11 Å². The van der Waals surface area contributed by atoms with Crippen molar-refractivity contribution in [3.8, 4) is 11.5 Å². The number of carbonyl (C=O) groups is 2. The van der Waals surface area contributed by atoms with Gasteiger partial charge in [-0.1, -0.05) is 103 Å². The largest absolute Gasteiger partial charge is 0.494 e. The Balaban J connectivity index is 2.02. The summed E-state index contributed by atoms with van der Waals surface area (Å²) in [5.41, 5.74) is 1.31. The molecule has 1 heterocycles. The van der Waals surface area contributed by atoms with Crippen molar-refractivity contribution in [1.82, 2.24) is 0 Å². The van der Waals surface area contributed by atoms with Gasteiger partial charge in [0, 0.05) is 35.4 Å². The Bertz CT molecular complexity index is 1740. The first-order chi connectivity index (χ1) is 27.7. The first-order valence-corrected chi connectivity index (χ1v) is 31.8. The van der Waals surface area contributed by atoms with Crippen LogP contribution in [0.5, 0.6) is 11.5 Å². The second kappa shape index (κ2) is 21.8. The Morgan fingerprint density at radius 3 is 2.08 bits per heavy atom. The number of benzene rings is 2. The predicted octanol–water partition coefficient (Wildman–Crippen LogP) is 11.6. The summed E-state index contributed by atoms with van der Waals surface area (Å²) in [5, 5.41) is 0.0645. The number of hydrogen-bond acceptors (Lipinski definition) is 10. The molecular weight excluding hydrogens is 809 g/mol. The van der Waals surface area contributed by atoms with E-state index in [1.54, 1.807) is 18.2 Å². The third-order valence-corrected chi connectivity index (χ3v) is 18.9. The van der Waals surface area contributed by atoms with Gasteiger partial charge in [0.05, 0.1) is 24.9 Å². The lowest BCUT2D eigenvalue weighted by Gasteiger charge is -2.39. The molecule has 0 saturated carbocycles. The Morgan fingerprint density at radius 1 is 0.850 bits per heavy atom. The van der Waals surface area contributed by atoms with E-state index < -0.39 is 60.5 Å². The minimum Gasteiger partial charge on any atom is -0.494 e. The highest BCUT2D eigenvalue weighted by atomic mass is 28.4. The summed E-state index contributed by atoms with van der Waals surface area (Å²) in [7, 11) is -3.34. The number of ether oxygens (including phenoxy) is 7. The van der Waals surface area contributed by atoms with Crippen LogP contribution in [0.4, 0.5) is 0 Å². The van der Waals surface area contributed by atoms with Gasteiger partial charge in [0.1, 0.15) is 29.3 Å². The van der Waals surface area contributed by atoms with E-state index in [1.807, 2.05) is 56.3 Å². The van der Waals surface area contributed by atoms with Crippen LogP contribution in [-0.2, 0) is 28.1 Å². The summed E-state index contributed by atoms with van der Waals surface area (Å²) in [6, 6.07) is 14.3. The van der Waals surface area contributed by atoms with Crippen molar-refractivity contribution in [2.75, 3.05) is 27.1 Å². The molecule has 1 aliphatic rings. The molecule has 0 N–H and O–H groups in total. The Labute approximate surface area is 364 Å². The van der Waals surface area contributed by atoms with Gasteiger partial charge in [0.15, 0.2) is 20.9 Å². The fourth-order valence-corrected chi connectivity index (χ4v) is 9.03. The highest BCUT2D eigenvalue weighted by Crippen LogP contribution is 2.39. The summed E-state index contributed by atoms with van der Waals surface area (Å²) in [4.78, 5) is 27.5. The predicted molar refractivity (Wildman–Crippen MR) is 250 cm³/mol. The maximum atomic E-state index is 13.9. The zero-order valence-electron chi connectivity index (χ0n) is 39.6. The van der Waals surface area contributed by atoms with E-state index in [0.717, 1.165) is 12.1 Å². The van der Waals surface area contributed by atoms with Crippen LogP contribution in [0.3, 0.4) is 0 Å². The van der Waals surface area contributed by atoms with Gasteiger partial charge in [-0.15, -0.1) is 0 Å². The molecule has 3 rings (SSSR count). The summed E-state index contributed by atoms with van der Waals surface area (Å²) in [6.07, 6.45) is 6.15. The highest BCUT2D eigenvalue weighted by molar-refractivity contribution is 6.76. The molecule has 0 bridgehead atoms. The van der Waals surface area contributed by atoms with Crippen molar-refractivity contribution in [2.45, 2.75) is 155 Å². The third-order valence-electron chi connectivity index (χ3n) is 10.9. The zero-order chi connectivity index (χ0) is 45.1. The molecule has 2 aromatic rings. The van der Waals surface area contributed by atoms with Gasteiger partial charge in [-0.05, 0) is 93.2 Å². The van der Waals surface area contributed by atoms with Crippen molar-refractivity contribution in [2.24, 2.45) is 5.92 Å². The quantitative estimate of drug-likeness (QED) is 0.0491. The SMILES string of the molecule is COCOc1cc(OCC[Si](C)(C)C)cc(/C=C/CC2OC(C)(C)OC2C(/C=C\[C@@H](C)[C@H](C)O[Si](C)(C)C(C)(C)C)OC(=O)c2ccccc2)c1C(=O)OCC[Si](C)(C)C. The molecule has 1 fully saturated rings. The van der Waals surface area contributed by atoms with Crippen LogP contribution < -0.4 is 9.47 Å². The minimum atomic E-state index is -2.03. The van der Waals surface area contributed by atoms with Crippen LogP contribution in [0, 0.1) is 5.92 Å². The molecule has 1 aliphatic heterocycles. The lowest BCUT2D eigenvalue weighted by Crippen LogP contribution is -2.44. The standard InChI is InChI=1S/C47H76O10Si3/c1-34(35(2)57-60(15,16)46(3,4)5)25-26-39(54-44(48)36-21-18-17-19-22-36)43-40(55-47(6,7)56-43)24-20-23-37-31-38(51-27-29-58(9,10)11)32-41(53-33-50-8)42(37)45(49)52-28-30-59(12,13)14/h17-23,25-26,31-32,34-35,39-40,43H,24,27-30,33H2,1-16H3/b23-20+,26-25-/t34-,35+,39?,40?,43?/m1/s1. The molecule has 336 valence electrons. The first-order valence-electron chi connectivity index (χ1n) is 21.5. The van der Waals surface area contributed by atoms with Crippen molar-refractivity contribution in [3.63, 3.8) is 0 Å². The third kappa shape index (κ3) is 16.7. The van der Waals surface area contributed by atoms with Gasteiger partial charge in [-0.3, -0.25) is 0 Å². The van der Waals surface area contributed by atoms with Crippen LogP contribution in [0.1, 0.15) is 81.2 Å². The zero-order valence-corrected chi connectivity index (χ0v) is 42.6. The minimum absolute atomic E-state index is 0.0180. The van der Waals surface area contributed by atoms with E-state index in [9.17, 15) is 9.59 Å². The lowest BCUT2D eigenvalue weighted by atomic mass is 9.99. The van der Waals surface area contributed by atoms with Gasteiger partial charge in [0.25, 0.3) is 0 Å². The van der Waals surface area contributed by atoms with Crippen LogP contribution in [0.2, 0.25) is 69.5 Å². The summed E-state index contributed by atoms with van der Waals surface area (Å²) >= 11 is 0. The second-order valence-electron chi connectivity index (χ2n) is 20.4. The molecule has 0 spiro atoms. The average molecular weight is 885 g/mol. The molecule has 0 aromatic heterocycles. The number of hydrogen-bond donors (Lipinski definition) is 0. The molecule has 0 radical (unpaired) electrons. The molecule has 0 amide bonds. The van der Waals surface area contributed by atoms with Crippen LogP contribution in [-0.4, -0.2) is 93.7 Å². The van der Waals surface area contributed by atoms with Crippen LogP contribution in [0.15, 0.2) is 60.7 Å². The van der Waals surface area contributed by atoms with Gasteiger partial charge in [0.2, 0.25) is 0 Å². The molecule has 0 aliphatic carbocycles. The summed E-state index contributed by atoms with van der Waals surface area (Å²) < 4.78 is 49.4. The maximum Gasteiger partial charge on any atom is 0.342 e. The molecule has 13 heteroatoms. The fraction of sp³-hybridized carbons (Fsp3) is 0.617. The number of rotatable bonds is 22. The Hall–Kier alpha value is -3.05. The highest BCUT2D eigenvalue weighted by Gasteiger charge is 2.46. The lowest BCUT2D eigenvalue weighted by molar-refractivity contribution is -0.152. The molecule has 1 saturated heterocycles. The second-order valence-corrected chi connectivity index (χ2v) is 36.4. The normalized spacial score (nSPS) is 19.0. The number of carbonyl (C=O) groups excluding carboxylic acids is 2. The average Bonchev–Trinajstić information content (AvgIpc) is 3.44. The van der Waals surface area contributed by atoms with E-state index in [0.29, 0.717) is 42.3 Å². The fourth-order valence-electron chi connectivity index (χ4n) is 6.10. The topological polar surface area (TPSA) is 108 Å². The van der Waals surface area contributed by atoms with E-state index in [2.05, 4.69) is 93.1 Å². The number of methoxy groups -OCH3 is 1. The first kappa shape index (κ1) is 51.3. The molecule has 10 nitrogen and oxygen atoms in total. The van der Waals surface area contributed by atoms with Gasteiger partial charge < -0.3 is 37.6 Å². The van der Waals surface area contributed by atoms with E-state index in [4.69, 9.17) is 37.6 Å². The smallest absolute Gasteiger partial charge is 0.342 e. The van der Waals surface area contributed by atoms with Gasteiger partial charge in [-0.25, -0.2) is 9.59 Å². The van der Waals surface area contributed by atoms with Gasteiger partial charge in [-0.2, -0.15) is 0 Å². The van der Waals surface area contributed by atoms with Crippen LogP contribution in [0.25, 0.3) is 6.08 Å². The van der Waals surface area contributed by atoms with Crippen molar-refractivity contribution >= 4 is 42.5 Å². The van der Waals surface area contributed by atoms with Crippen molar-refractivity contribution in [3.05, 3.63) is 77.4 Å². The number of esters is 2. The molecular formula is C47H76O10Si3. The van der Waals surface area contributed by atoms with E-state index in [-0.39, 0.29) is 29.4 Å². The summed E-state index contributed by atoms with van der Waals surface area (Å²) in [6.45, 7) is 33.6. The molecule has 60 heavy (non-hydrogen) atoms. The monoisotopic (exact) mass is 884 g/mol. The maximum absolute atomic E-state index is 13.9. The summed E-state index contributed by atoms with van der Waals surface area (Å²) in [5.74, 6) is -0.988. The van der Waals surface area contributed by atoms with E-state index >= 15 is 0 Å². The Morgan fingerprint density at radius 2 is 1.48 bits per heavy atom.